The van der Waals surface area contributed by atoms with Gasteiger partial charge < -0.3 is 14.2 Å². The Morgan fingerprint density at radius 1 is 1.03 bits per heavy atom. The fourth-order valence-electron chi connectivity index (χ4n) is 2.71. The zero-order chi connectivity index (χ0) is 21.4. The van der Waals surface area contributed by atoms with Crippen molar-refractivity contribution in [2.24, 2.45) is 0 Å². The number of ether oxygens (including phenoxy) is 3. The van der Waals surface area contributed by atoms with Gasteiger partial charge >= 0.3 is 5.97 Å². The lowest BCUT2D eigenvalue weighted by molar-refractivity contribution is -0.385. The summed E-state index contributed by atoms with van der Waals surface area (Å²) in [7, 11) is 2.66. The first-order valence-corrected chi connectivity index (χ1v) is 9.10. The SMILES string of the molecule is CCCCc1ccc(C(=O)COC(=O)c2cc(OC)c(OC)cc2[N+](=O)[O-])cc1. The van der Waals surface area contributed by atoms with Crippen LogP contribution >= 0.6 is 0 Å². The van der Waals surface area contributed by atoms with Crippen LogP contribution in [0, 0.1) is 10.1 Å². The van der Waals surface area contributed by atoms with Gasteiger partial charge in [0.15, 0.2) is 23.9 Å². The Hall–Kier alpha value is -3.42. The van der Waals surface area contributed by atoms with Gasteiger partial charge in [0.2, 0.25) is 0 Å². The van der Waals surface area contributed by atoms with E-state index in [0.717, 1.165) is 37.0 Å². The Labute approximate surface area is 168 Å². The molecule has 0 saturated heterocycles. The van der Waals surface area contributed by atoms with Crippen LogP contribution in [-0.2, 0) is 11.2 Å². The van der Waals surface area contributed by atoms with Crippen LogP contribution in [0.4, 0.5) is 5.69 Å². The number of carbonyl (C=O) groups excluding carboxylic acids is 2. The molecule has 0 spiro atoms. The van der Waals surface area contributed by atoms with Gasteiger partial charge in [-0.2, -0.15) is 0 Å². The van der Waals surface area contributed by atoms with Crippen LogP contribution in [-0.4, -0.2) is 37.5 Å². The van der Waals surface area contributed by atoms with E-state index in [9.17, 15) is 19.7 Å². The molecule has 2 aromatic carbocycles. The van der Waals surface area contributed by atoms with Crippen molar-refractivity contribution in [2.45, 2.75) is 26.2 Å². The topological polar surface area (TPSA) is 105 Å². The first-order valence-electron chi connectivity index (χ1n) is 9.10. The number of methoxy groups -OCH3 is 2. The minimum atomic E-state index is -0.995. The molecule has 0 amide bonds. The number of carbonyl (C=O) groups is 2. The summed E-state index contributed by atoms with van der Waals surface area (Å²) in [5, 5.41) is 11.3. The van der Waals surface area contributed by atoms with Gasteiger partial charge in [0.05, 0.1) is 25.2 Å². The summed E-state index contributed by atoms with van der Waals surface area (Å²) in [6, 6.07) is 9.33. The summed E-state index contributed by atoms with van der Waals surface area (Å²) in [4.78, 5) is 35.2. The van der Waals surface area contributed by atoms with Crippen molar-refractivity contribution in [3.8, 4) is 11.5 Å². The first kappa shape index (κ1) is 21.9. The van der Waals surface area contributed by atoms with Crippen LogP contribution in [0.5, 0.6) is 11.5 Å². The standard InChI is InChI=1S/C21H23NO7/c1-4-5-6-14-7-9-15(10-8-14)18(23)13-29-21(24)16-11-19(27-2)20(28-3)12-17(16)22(25)26/h7-12H,4-6,13H2,1-3H3. The predicted molar refractivity (Wildman–Crippen MR) is 106 cm³/mol. The molecule has 0 bridgehead atoms. The van der Waals surface area contributed by atoms with Crippen molar-refractivity contribution >= 4 is 17.4 Å². The maximum absolute atomic E-state index is 12.4. The van der Waals surface area contributed by atoms with E-state index in [1.807, 2.05) is 12.1 Å². The Morgan fingerprint density at radius 2 is 1.66 bits per heavy atom. The molecular formula is C21H23NO7. The molecule has 8 heteroatoms. The third-order valence-electron chi connectivity index (χ3n) is 4.35. The lowest BCUT2D eigenvalue weighted by atomic mass is 10.0. The van der Waals surface area contributed by atoms with Crippen LogP contribution in [0.2, 0.25) is 0 Å². The third kappa shape index (κ3) is 5.54. The Morgan fingerprint density at radius 3 is 2.21 bits per heavy atom. The highest BCUT2D eigenvalue weighted by atomic mass is 16.6. The van der Waals surface area contributed by atoms with Gasteiger partial charge in [0, 0.05) is 11.6 Å². The minimum absolute atomic E-state index is 0.106. The number of hydrogen-bond acceptors (Lipinski definition) is 7. The van der Waals surface area contributed by atoms with Crippen LogP contribution in [0.25, 0.3) is 0 Å². The number of rotatable bonds is 10. The Bertz CT molecular complexity index is 891. The number of unbranched alkanes of at least 4 members (excludes halogenated alkanes) is 1. The molecule has 0 aliphatic heterocycles. The van der Waals surface area contributed by atoms with Gasteiger partial charge in [-0.15, -0.1) is 0 Å². The van der Waals surface area contributed by atoms with E-state index < -0.39 is 29.0 Å². The van der Waals surface area contributed by atoms with E-state index in [-0.39, 0.29) is 17.1 Å². The average molecular weight is 401 g/mol. The number of Topliss-reactive ketones (excluding diaryl/α,β-unsaturated/α-hetero) is 1. The van der Waals surface area contributed by atoms with E-state index in [0.29, 0.717) is 5.56 Å². The van der Waals surface area contributed by atoms with Gasteiger partial charge in [-0.05, 0) is 18.4 Å². The zero-order valence-corrected chi connectivity index (χ0v) is 16.6. The molecule has 0 radical (unpaired) electrons. The monoisotopic (exact) mass is 401 g/mol. The number of aryl methyl sites for hydroxylation is 1. The molecule has 2 rings (SSSR count). The lowest BCUT2D eigenvalue weighted by Crippen LogP contribution is -2.15. The largest absolute Gasteiger partial charge is 0.493 e. The van der Waals surface area contributed by atoms with E-state index >= 15 is 0 Å². The molecule has 154 valence electrons. The molecule has 0 aliphatic rings. The van der Waals surface area contributed by atoms with Gasteiger partial charge in [-0.25, -0.2) is 4.79 Å². The highest BCUT2D eigenvalue weighted by Gasteiger charge is 2.26. The molecule has 0 unspecified atom stereocenters. The molecule has 0 fully saturated rings. The molecular weight excluding hydrogens is 378 g/mol. The molecule has 0 saturated carbocycles. The van der Waals surface area contributed by atoms with Gasteiger partial charge in [0.1, 0.15) is 5.56 Å². The minimum Gasteiger partial charge on any atom is -0.493 e. The maximum Gasteiger partial charge on any atom is 0.345 e. The number of benzene rings is 2. The van der Waals surface area contributed by atoms with E-state index in [4.69, 9.17) is 14.2 Å². The third-order valence-corrected chi connectivity index (χ3v) is 4.35. The van der Waals surface area contributed by atoms with Crippen LogP contribution in [0.3, 0.4) is 0 Å². The summed E-state index contributed by atoms with van der Waals surface area (Å²) in [6.45, 7) is 1.58. The number of ketones is 1. The van der Waals surface area contributed by atoms with Crippen molar-refractivity contribution in [2.75, 3.05) is 20.8 Å². The van der Waals surface area contributed by atoms with Crippen molar-refractivity contribution in [3.05, 3.63) is 63.2 Å². The summed E-state index contributed by atoms with van der Waals surface area (Å²) in [6.07, 6.45) is 3.08. The second kappa shape index (κ2) is 10.2. The van der Waals surface area contributed by atoms with Crippen LogP contribution in [0.1, 0.15) is 46.0 Å². The van der Waals surface area contributed by atoms with Crippen LogP contribution in [0.15, 0.2) is 36.4 Å². The van der Waals surface area contributed by atoms with Gasteiger partial charge in [-0.3, -0.25) is 14.9 Å². The number of nitro benzene ring substituents is 1. The van der Waals surface area contributed by atoms with E-state index in [1.54, 1.807) is 12.1 Å². The van der Waals surface area contributed by atoms with Crippen molar-refractivity contribution in [1.29, 1.82) is 0 Å². The highest BCUT2D eigenvalue weighted by Crippen LogP contribution is 2.34. The molecule has 29 heavy (non-hydrogen) atoms. The maximum atomic E-state index is 12.4. The van der Waals surface area contributed by atoms with E-state index in [2.05, 4.69) is 6.92 Å². The van der Waals surface area contributed by atoms with Gasteiger partial charge in [-0.1, -0.05) is 37.6 Å². The second-order valence-electron chi connectivity index (χ2n) is 6.28. The summed E-state index contributed by atoms with van der Waals surface area (Å²) in [5.74, 6) is -1.15. The molecule has 0 aliphatic carbocycles. The Balaban J connectivity index is 2.12. The molecule has 0 heterocycles. The quantitative estimate of drug-likeness (QED) is 0.256. The normalized spacial score (nSPS) is 10.3. The van der Waals surface area contributed by atoms with E-state index in [1.165, 1.54) is 14.2 Å². The number of esters is 1. The number of hydrogen-bond donors (Lipinski definition) is 0. The molecule has 2 aromatic rings. The summed E-state index contributed by atoms with van der Waals surface area (Å²) in [5.41, 5.74) is 0.706. The van der Waals surface area contributed by atoms with Crippen molar-refractivity contribution in [3.63, 3.8) is 0 Å². The second-order valence-corrected chi connectivity index (χ2v) is 6.28. The average Bonchev–Trinajstić information content (AvgIpc) is 2.74. The molecule has 0 atom stereocenters. The molecule has 8 nitrogen and oxygen atoms in total. The molecule has 0 aromatic heterocycles. The highest BCUT2D eigenvalue weighted by molar-refractivity contribution is 6.00. The molecule has 0 N–H and O–H groups in total. The summed E-state index contributed by atoms with van der Waals surface area (Å²) < 4.78 is 15.1. The van der Waals surface area contributed by atoms with Crippen molar-refractivity contribution in [1.82, 2.24) is 0 Å². The summed E-state index contributed by atoms with van der Waals surface area (Å²) >= 11 is 0. The predicted octanol–water partition coefficient (Wildman–Crippen LogP) is 3.99. The van der Waals surface area contributed by atoms with Crippen LogP contribution < -0.4 is 9.47 Å². The first-order chi connectivity index (χ1) is 13.9. The van der Waals surface area contributed by atoms with Gasteiger partial charge in [0.25, 0.3) is 5.69 Å². The van der Waals surface area contributed by atoms with Crippen molar-refractivity contribution < 1.29 is 28.7 Å². The smallest absolute Gasteiger partial charge is 0.345 e. The fourth-order valence-corrected chi connectivity index (χ4v) is 2.71. The lowest BCUT2D eigenvalue weighted by Gasteiger charge is -2.10. The number of nitro groups is 1. The zero-order valence-electron chi connectivity index (χ0n) is 16.6. The fraction of sp³-hybridized carbons (Fsp3) is 0.333. The Kier molecular flexibility index (Phi) is 7.70. The number of nitrogens with zero attached hydrogens (tertiary/aromatic N) is 1.